The fraction of sp³-hybridized carbons (Fsp3) is 0.111. The van der Waals surface area contributed by atoms with Gasteiger partial charge in [0, 0.05) is 10.7 Å². The standard InChI is InChI=1S/C27H21Cl2N3O5/c1-15-5-3-8-22(16(15)2)30-24(33)14-37-23-10-9-17(12-21(23)29)11-20-25(34)31-27(36)32(26(20)35)19-7-4-6-18(28)13-19/h3-13H,14H2,1-2H3,(H,30,33)(H,31,34,36)/b20-11+. The highest BCUT2D eigenvalue weighted by Crippen LogP contribution is 2.28. The molecule has 3 aromatic carbocycles. The number of nitrogens with zero attached hydrogens (tertiary/aromatic N) is 1. The van der Waals surface area contributed by atoms with Gasteiger partial charge in [0.1, 0.15) is 11.3 Å². The van der Waals surface area contributed by atoms with Crippen molar-refractivity contribution in [2.75, 3.05) is 16.8 Å². The first-order valence-corrected chi connectivity index (χ1v) is 11.8. The number of carbonyl (C=O) groups is 4. The van der Waals surface area contributed by atoms with Gasteiger partial charge in [-0.3, -0.25) is 19.7 Å². The lowest BCUT2D eigenvalue weighted by Crippen LogP contribution is -2.54. The lowest BCUT2D eigenvalue weighted by Gasteiger charge is -2.26. The van der Waals surface area contributed by atoms with Gasteiger partial charge < -0.3 is 10.1 Å². The number of ether oxygens (including phenoxy) is 1. The van der Waals surface area contributed by atoms with Crippen molar-refractivity contribution in [1.29, 1.82) is 0 Å². The quantitative estimate of drug-likeness (QED) is 0.328. The highest BCUT2D eigenvalue weighted by atomic mass is 35.5. The Morgan fingerprint density at radius 1 is 1.03 bits per heavy atom. The van der Waals surface area contributed by atoms with Crippen molar-refractivity contribution in [1.82, 2.24) is 5.32 Å². The van der Waals surface area contributed by atoms with Crippen molar-refractivity contribution < 1.29 is 23.9 Å². The summed E-state index contributed by atoms with van der Waals surface area (Å²) in [4.78, 5) is 50.9. The molecule has 0 saturated carbocycles. The number of aryl methyl sites for hydroxylation is 1. The summed E-state index contributed by atoms with van der Waals surface area (Å²) >= 11 is 12.3. The van der Waals surface area contributed by atoms with Crippen molar-refractivity contribution in [3.8, 4) is 5.75 Å². The summed E-state index contributed by atoms with van der Waals surface area (Å²) < 4.78 is 5.55. The van der Waals surface area contributed by atoms with Crippen molar-refractivity contribution in [3.05, 3.63) is 93.0 Å². The zero-order chi connectivity index (χ0) is 26.7. The summed E-state index contributed by atoms with van der Waals surface area (Å²) in [5.41, 5.74) is 3.07. The van der Waals surface area contributed by atoms with Gasteiger partial charge in [0.15, 0.2) is 6.61 Å². The van der Waals surface area contributed by atoms with Gasteiger partial charge in [0.2, 0.25) is 0 Å². The number of urea groups is 1. The Bertz CT molecular complexity index is 1470. The van der Waals surface area contributed by atoms with Gasteiger partial charge in [-0.1, -0.05) is 47.5 Å². The molecule has 0 aliphatic carbocycles. The molecular weight excluding hydrogens is 517 g/mol. The highest BCUT2D eigenvalue weighted by molar-refractivity contribution is 6.39. The summed E-state index contributed by atoms with van der Waals surface area (Å²) in [6, 6.07) is 15.4. The number of anilines is 2. The number of halogens is 2. The molecule has 1 aliphatic rings. The van der Waals surface area contributed by atoms with Crippen LogP contribution in [0, 0.1) is 13.8 Å². The maximum absolute atomic E-state index is 13.0. The number of amides is 5. The van der Waals surface area contributed by atoms with Crippen LogP contribution in [-0.2, 0) is 14.4 Å². The topological polar surface area (TPSA) is 105 Å². The van der Waals surface area contributed by atoms with Crippen LogP contribution in [0.3, 0.4) is 0 Å². The molecule has 0 spiro atoms. The number of barbiturate groups is 1. The molecule has 2 N–H and O–H groups in total. The van der Waals surface area contributed by atoms with E-state index >= 15 is 0 Å². The molecule has 5 amide bonds. The predicted molar refractivity (Wildman–Crippen MR) is 142 cm³/mol. The van der Waals surface area contributed by atoms with Crippen LogP contribution in [0.15, 0.2) is 66.2 Å². The molecule has 8 nitrogen and oxygen atoms in total. The van der Waals surface area contributed by atoms with Gasteiger partial charge in [0.05, 0.1) is 10.7 Å². The van der Waals surface area contributed by atoms with Crippen LogP contribution in [0.2, 0.25) is 10.0 Å². The number of hydrogen-bond donors (Lipinski definition) is 2. The molecule has 0 atom stereocenters. The Labute approximate surface area is 222 Å². The minimum absolute atomic E-state index is 0.167. The summed E-state index contributed by atoms with van der Waals surface area (Å²) in [7, 11) is 0. The zero-order valence-electron chi connectivity index (χ0n) is 19.8. The van der Waals surface area contributed by atoms with E-state index in [1.54, 1.807) is 24.3 Å². The van der Waals surface area contributed by atoms with Gasteiger partial charge in [-0.15, -0.1) is 0 Å². The van der Waals surface area contributed by atoms with Crippen molar-refractivity contribution in [2.45, 2.75) is 13.8 Å². The van der Waals surface area contributed by atoms with E-state index in [2.05, 4.69) is 10.6 Å². The molecule has 3 aromatic rings. The lowest BCUT2D eigenvalue weighted by atomic mass is 10.1. The molecule has 1 heterocycles. The summed E-state index contributed by atoms with van der Waals surface area (Å²) in [5, 5.41) is 5.44. The lowest BCUT2D eigenvalue weighted by molar-refractivity contribution is -0.122. The third kappa shape index (κ3) is 5.82. The number of hydrogen-bond acceptors (Lipinski definition) is 5. The van der Waals surface area contributed by atoms with E-state index in [0.717, 1.165) is 16.0 Å². The second-order valence-corrected chi connectivity index (χ2v) is 9.06. The van der Waals surface area contributed by atoms with E-state index in [1.165, 1.54) is 30.3 Å². The fourth-order valence-electron chi connectivity index (χ4n) is 3.61. The van der Waals surface area contributed by atoms with Crippen LogP contribution >= 0.6 is 23.2 Å². The minimum Gasteiger partial charge on any atom is -0.482 e. The zero-order valence-corrected chi connectivity index (χ0v) is 21.3. The monoisotopic (exact) mass is 537 g/mol. The van der Waals surface area contributed by atoms with Gasteiger partial charge >= 0.3 is 6.03 Å². The van der Waals surface area contributed by atoms with Gasteiger partial charge in [-0.25, -0.2) is 9.69 Å². The van der Waals surface area contributed by atoms with E-state index in [4.69, 9.17) is 27.9 Å². The van der Waals surface area contributed by atoms with Crippen LogP contribution < -0.4 is 20.3 Å². The van der Waals surface area contributed by atoms with Gasteiger partial charge in [-0.2, -0.15) is 0 Å². The first kappa shape index (κ1) is 25.9. The smallest absolute Gasteiger partial charge is 0.335 e. The van der Waals surface area contributed by atoms with Crippen LogP contribution in [0.1, 0.15) is 16.7 Å². The van der Waals surface area contributed by atoms with E-state index in [-0.39, 0.29) is 34.5 Å². The molecule has 4 rings (SSSR count). The largest absolute Gasteiger partial charge is 0.482 e. The van der Waals surface area contributed by atoms with Crippen molar-refractivity contribution in [2.24, 2.45) is 0 Å². The number of rotatable bonds is 6. The van der Waals surface area contributed by atoms with Gasteiger partial charge in [-0.05, 0) is 73.0 Å². The average Bonchev–Trinajstić information content (AvgIpc) is 2.84. The SMILES string of the molecule is Cc1cccc(NC(=O)COc2ccc(/C=C3\C(=O)NC(=O)N(c4cccc(Cl)c4)C3=O)cc2Cl)c1C. The molecule has 0 aromatic heterocycles. The Hall–Kier alpha value is -4.14. The molecule has 188 valence electrons. The second-order valence-electron chi connectivity index (χ2n) is 8.21. The van der Waals surface area contributed by atoms with E-state index in [1.807, 2.05) is 26.0 Å². The summed E-state index contributed by atoms with van der Waals surface area (Å²) in [6.07, 6.45) is 1.31. The van der Waals surface area contributed by atoms with E-state index in [9.17, 15) is 19.2 Å². The Morgan fingerprint density at radius 3 is 2.51 bits per heavy atom. The van der Waals surface area contributed by atoms with Crippen LogP contribution in [0.25, 0.3) is 6.08 Å². The molecule has 1 aliphatic heterocycles. The first-order chi connectivity index (χ1) is 17.6. The first-order valence-electron chi connectivity index (χ1n) is 11.1. The number of imide groups is 2. The number of carbonyl (C=O) groups excluding carboxylic acids is 4. The molecular formula is C27H21Cl2N3O5. The molecule has 0 radical (unpaired) electrons. The van der Waals surface area contributed by atoms with E-state index < -0.39 is 17.8 Å². The van der Waals surface area contributed by atoms with Crippen LogP contribution in [-0.4, -0.2) is 30.4 Å². The maximum atomic E-state index is 13.0. The highest BCUT2D eigenvalue weighted by Gasteiger charge is 2.36. The number of benzene rings is 3. The Balaban J connectivity index is 1.48. The fourth-order valence-corrected chi connectivity index (χ4v) is 4.04. The van der Waals surface area contributed by atoms with Crippen molar-refractivity contribution >= 4 is 64.4 Å². The number of nitrogens with one attached hydrogen (secondary N) is 2. The van der Waals surface area contributed by atoms with Crippen molar-refractivity contribution in [3.63, 3.8) is 0 Å². The van der Waals surface area contributed by atoms with Crippen LogP contribution in [0.5, 0.6) is 5.75 Å². The molecule has 0 unspecified atom stereocenters. The third-order valence-corrected chi connectivity index (χ3v) is 6.20. The second kappa shape index (κ2) is 10.9. The maximum Gasteiger partial charge on any atom is 0.335 e. The Morgan fingerprint density at radius 2 is 1.78 bits per heavy atom. The predicted octanol–water partition coefficient (Wildman–Crippen LogP) is 5.29. The summed E-state index contributed by atoms with van der Waals surface area (Å²) in [6.45, 7) is 3.60. The third-order valence-electron chi connectivity index (χ3n) is 5.67. The van der Waals surface area contributed by atoms with Crippen LogP contribution in [0.4, 0.5) is 16.2 Å². The minimum atomic E-state index is -0.879. The molecule has 0 bridgehead atoms. The van der Waals surface area contributed by atoms with Gasteiger partial charge in [0.25, 0.3) is 17.7 Å². The average molecular weight is 538 g/mol. The molecule has 1 saturated heterocycles. The summed E-state index contributed by atoms with van der Waals surface area (Å²) in [5.74, 6) is -1.76. The normalized spacial score (nSPS) is 14.5. The molecule has 10 heteroatoms. The van der Waals surface area contributed by atoms with E-state index in [0.29, 0.717) is 16.3 Å². The Kier molecular flexibility index (Phi) is 7.61. The molecule has 37 heavy (non-hydrogen) atoms. The molecule has 1 fully saturated rings.